The van der Waals surface area contributed by atoms with E-state index in [0.29, 0.717) is 0 Å². The number of nitrogens with zero attached hydrogens (tertiary/aromatic N) is 2. The van der Waals surface area contributed by atoms with E-state index in [1.54, 1.807) is 0 Å². The van der Waals surface area contributed by atoms with Crippen molar-refractivity contribution in [3.63, 3.8) is 0 Å². The normalized spacial score (nSPS) is 53.3. The summed E-state index contributed by atoms with van der Waals surface area (Å²) in [5.74, 6) is 1.28. The molecular formula is C2H4CuN2S. The van der Waals surface area contributed by atoms with E-state index >= 15 is 0 Å². The molecule has 0 amide bonds. The quantitative estimate of drug-likeness (QED) is 0.275. The summed E-state index contributed by atoms with van der Waals surface area (Å²) in [6, 6.07) is 0. The van der Waals surface area contributed by atoms with Gasteiger partial charge in [0.25, 0.3) is 0 Å². The Labute approximate surface area is 47.5 Å². The van der Waals surface area contributed by atoms with Gasteiger partial charge in [0.2, 0.25) is 0 Å². The van der Waals surface area contributed by atoms with E-state index in [1.807, 2.05) is 27.3 Å². The summed E-state index contributed by atoms with van der Waals surface area (Å²) in [6.45, 7) is 1.24. The molecular weight excluding hydrogens is 148 g/mol. The molecule has 0 N–H and O–H groups in total. The first-order valence-electron chi connectivity index (χ1n) is 1.76. The van der Waals surface area contributed by atoms with Crippen LogP contribution in [-0.2, 0) is 15.4 Å². The third kappa shape index (κ3) is 0.420. The van der Waals surface area contributed by atoms with Gasteiger partial charge in [0, 0.05) is 0 Å². The standard InChI is InChI=1S/C2H4N2S.Cu/c1-2-5-4-3-1;/h1-2H2;/q-2;+2. The molecule has 2 rings (SSSR count). The van der Waals surface area contributed by atoms with Crippen LogP contribution in [0.3, 0.4) is 0 Å². The van der Waals surface area contributed by atoms with E-state index in [-0.39, 0.29) is 0 Å². The molecule has 39 valence electrons. The van der Waals surface area contributed by atoms with Gasteiger partial charge in [0.15, 0.2) is 0 Å². The van der Waals surface area contributed by atoms with Crippen LogP contribution in [0.4, 0.5) is 0 Å². The van der Waals surface area contributed by atoms with Crippen molar-refractivity contribution >= 4 is 11.9 Å². The molecule has 2 fully saturated rings. The molecule has 6 heavy (non-hydrogen) atoms. The summed E-state index contributed by atoms with van der Waals surface area (Å²) in [6.07, 6.45) is 0. The van der Waals surface area contributed by atoms with E-state index in [4.69, 9.17) is 0 Å². The second kappa shape index (κ2) is 1.14. The summed E-state index contributed by atoms with van der Waals surface area (Å²) < 4.78 is 4.41. The number of hydrogen-bond acceptors (Lipinski definition) is 3. The van der Waals surface area contributed by atoms with Crippen LogP contribution < -0.4 is 0 Å². The van der Waals surface area contributed by atoms with Crippen LogP contribution in [-0.4, -0.2) is 19.8 Å². The Bertz CT molecular complexity index is 69.9. The van der Waals surface area contributed by atoms with Gasteiger partial charge in [-0.2, -0.15) is 0 Å². The number of rotatable bonds is 0. The van der Waals surface area contributed by atoms with Gasteiger partial charge >= 0.3 is 47.1 Å². The molecule has 2 saturated heterocycles. The molecule has 4 heteroatoms. The van der Waals surface area contributed by atoms with Crippen molar-refractivity contribution < 1.29 is 15.4 Å². The predicted molar refractivity (Wildman–Crippen MR) is 21.0 cm³/mol. The molecule has 2 atom stereocenters. The van der Waals surface area contributed by atoms with E-state index in [0.717, 1.165) is 0 Å². The molecule has 0 bridgehead atoms. The SMILES string of the molecule is C1C[N]2[Cu][N]2S1. The molecule has 2 aliphatic rings. The van der Waals surface area contributed by atoms with Crippen LogP contribution in [0.15, 0.2) is 0 Å². The molecule has 2 nitrogen and oxygen atoms in total. The molecule has 0 aliphatic carbocycles. The molecule has 2 unspecified atom stereocenters. The van der Waals surface area contributed by atoms with Crippen molar-refractivity contribution in [2.75, 3.05) is 12.3 Å². The molecule has 0 saturated carbocycles. The summed E-state index contributed by atoms with van der Waals surface area (Å²) in [5, 5.41) is 0. The molecule has 0 aromatic heterocycles. The fourth-order valence-electron chi connectivity index (χ4n) is 0.402. The van der Waals surface area contributed by atoms with Crippen LogP contribution in [0.5, 0.6) is 0 Å². The fourth-order valence-corrected chi connectivity index (χ4v) is 2.40. The summed E-state index contributed by atoms with van der Waals surface area (Å²) in [7, 11) is 0. The van der Waals surface area contributed by atoms with E-state index < -0.39 is 0 Å². The van der Waals surface area contributed by atoms with Crippen molar-refractivity contribution in [1.82, 2.24) is 7.46 Å². The summed E-state index contributed by atoms with van der Waals surface area (Å²) in [4.78, 5) is 0. The Kier molecular flexibility index (Phi) is 0.713. The van der Waals surface area contributed by atoms with Crippen LogP contribution in [0, 0.1) is 0 Å². The van der Waals surface area contributed by atoms with E-state index in [1.165, 1.54) is 12.3 Å². The molecule has 0 aromatic carbocycles. The van der Waals surface area contributed by atoms with Gasteiger partial charge in [-0.1, -0.05) is 0 Å². The topological polar surface area (TPSA) is 6.02 Å². The molecule has 0 radical (unpaired) electrons. The van der Waals surface area contributed by atoms with Gasteiger partial charge in [-0.05, 0) is 0 Å². The molecule has 0 spiro atoms. The zero-order valence-corrected chi connectivity index (χ0v) is 4.78. The number of hydrogen-bond donors (Lipinski definition) is 0. The third-order valence-corrected chi connectivity index (χ3v) is 2.96. The fraction of sp³-hybridized carbons (Fsp3) is 1.00. The summed E-state index contributed by atoms with van der Waals surface area (Å²) >= 11 is 3.77. The van der Waals surface area contributed by atoms with Crippen LogP contribution >= 0.6 is 11.9 Å². The van der Waals surface area contributed by atoms with Crippen molar-refractivity contribution in [2.45, 2.75) is 0 Å². The number of hydrazine groups is 1. The maximum absolute atomic E-state index is 2.23. The average Bonchev–Trinajstić information content (AvgIpc) is 2.17. The monoisotopic (exact) mass is 151 g/mol. The molecule has 0 aromatic rings. The predicted octanol–water partition coefficient (Wildman–Crippen LogP) is 0.0933. The first-order valence-corrected chi connectivity index (χ1v) is 3.54. The Morgan fingerprint density at radius 1 is 1.67 bits per heavy atom. The summed E-state index contributed by atoms with van der Waals surface area (Å²) in [5.41, 5.74) is 0. The first-order chi connectivity index (χ1) is 2.97. The van der Waals surface area contributed by atoms with Crippen molar-refractivity contribution in [1.29, 1.82) is 0 Å². The van der Waals surface area contributed by atoms with Gasteiger partial charge in [0.1, 0.15) is 0 Å². The number of fused-ring (bicyclic) bond motifs is 1. The first kappa shape index (κ1) is 3.75. The second-order valence-electron chi connectivity index (χ2n) is 1.11. The second-order valence-corrected chi connectivity index (χ2v) is 3.43. The Balaban J connectivity index is 2.09. The van der Waals surface area contributed by atoms with Crippen LogP contribution in [0.25, 0.3) is 0 Å². The third-order valence-electron chi connectivity index (χ3n) is 0.699. The van der Waals surface area contributed by atoms with Crippen molar-refractivity contribution in [2.24, 2.45) is 0 Å². The van der Waals surface area contributed by atoms with E-state index in [9.17, 15) is 0 Å². The molecule has 2 aliphatic heterocycles. The van der Waals surface area contributed by atoms with Crippen molar-refractivity contribution in [3.05, 3.63) is 0 Å². The van der Waals surface area contributed by atoms with Crippen LogP contribution in [0.1, 0.15) is 0 Å². The van der Waals surface area contributed by atoms with Crippen LogP contribution in [0.2, 0.25) is 0 Å². The van der Waals surface area contributed by atoms with Gasteiger partial charge in [-0.15, -0.1) is 0 Å². The van der Waals surface area contributed by atoms with Gasteiger partial charge in [0.05, 0.1) is 0 Å². The Hall–Kier alpha value is 0.789. The minimum atomic E-state index is 1.24. The Morgan fingerprint density at radius 2 is 2.67 bits per heavy atom. The minimum absolute atomic E-state index is 1.24. The average molecular weight is 152 g/mol. The van der Waals surface area contributed by atoms with Gasteiger partial charge in [-0.25, -0.2) is 0 Å². The van der Waals surface area contributed by atoms with E-state index in [2.05, 4.69) is 7.46 Å². The van der Waals surface area contributed by atoms with Crippen molar-refractivity contribution in [3.8, 4) is 0 Å². The molecule has 2 heterocycles. The van der Waals surface area contributed by atoms with Gasteiger partial charge in [-0.3, -0.25) is 0 Å². The Morgan fingerprint density at radius 3 is 2.83 bits per heavy atom. The maximum atomic E-state index is 2.23. The zero-order valence-electron chi connectivity index (χ0n) is 3.02. The zero-order chi connectivity index (χ0) is 3.98. The van der Waals surface area contributed by atoms with Gasteiger partial charge < -0.3 is 0 Å².